The molecule has 19 heavy (non-hydrogen) atoms. The van der Waals surface area contributed by atoms with Crippen molar-refractivity contribution in [1.29, 1.82) is 0 Å². The number of piperidine rings is 1. The molecule has 1 saturated heterocycles. The van der Waals surface area contributed by atoms with E-state index in [9.17, 15) is 4.79 Å². The van der Waals surface area contributed by atoms with Gasteiger partial charge in [0.2, 0.25) is 5.91 Å². The molecule has 1 fully saturated rings. The van der Waals surface area contributed by atoms with E-state index in [2.05, 4.69) is 10.6 Å². The number of ether oxygens (including phenoxy) is 1. The van der Waals surface area contributed by atoms with Crippen molar-refractivity contribution in [3.63, 3.8) is 0 Å². The van der Waals surface area contributed by atoms with Crippen LogP contribution in [0.15, 0.2) is 22.8 Å². The van der Waals surface area contributed by atoms with Gasteiger partial charge < -0.3 is 19.8 Å². The molecular weight excluding hydrogens is 244 g/mol. The third-order valence-electron chi connectivity index (χ3n) is 3.22. The standard InChI is InChI=1S/C14H22N2O3/c17-14(13-6-1-2-7-15-13)16-8-4-9-18-11-12-5-3-10-19-12/h3,5,10,13,15H,1-2,4,6-9,11H2,(H,16,17). The van der Waals surface area contributed by atoms with E-state index >= 15 is 0 Å². The number of hydrogen-bond acceptors (Lipinski definition) is 4. The molecule has 0 radical (unpaired) electrons. The summed E-state index contributed by atoms with van der Waals surface area (Å²) in [5, 5.41) is 6.17. The van der Waals surface area contributed by atoms with E-state index in [0.717, 1.165) is 31.6 Å². The highest BCUT2D eigenvalue weighted by Crippen LogP contribution is 2.06. The largest absolute Gasteiger partial charge is 0.467 e. The fourth-order valence-corrected chi connectivity index (χ4v) is 2.15. The van der Waals surface area contributed by atoms with Crippen molar-refractivity contribution in [2.45, 2.75) is 38.3 Å². The van der Waals surface area contributed by atoms with Gasteiger partial charge in [-0.3, -0.25) is 4.79 Å². The first-order chi connectivity index (χ1) is 9.36. The van der Waals surface area contributed by atoms with Crippen molar-refractivity contribution in [2.24, 2.45) is 0 Å². The zero-order chi connectivity index (χ0) is 13.3. The van der Waals surface area contributed by atoms with Gasteiger partial charge in [0.05, 0.1) is 12.3 Å². The van der Waals surface area contributed by atoms with Crippen LogP contribution in [-0.2, 0) is 16.1 Å². The van der Waals surface area contributed by atoms with Gasteiger partial charge in [-0.2, -0.15) is 0 Å². The van der Waals surface area contributed by atoms with Crippen LogP contribution in [0.1, 0.15) is 31.4 Å². The highest BCUT2D eigenvalue weighted by atomic mass is 16.5. The number of hydrogen-bond donors (Lipinski definition) is 2. The summed E-state index contributed by atoms with van der Waals surface area (Å²) < 4.78 is 10.6. The van der Waals surface area contributed by atoms with Crippen molar-refractivity contribution in [2.75, 3.05) is 19.7 Å². The quantitative estimate of drug-likeness (QED) is 0.733. The first-order valence-corrected chi connectivity index (χ1v) is 6.97. The molecule has 1 unspecified atom stereocenters. The van der Waals surface area contributed by atoms with Gasteiger partial charge in [-0.25, -0.2) is 0 Å². The summed E-state index contributed by atoms with van der Waals surface area (Å²) in [6, 6.07) is 3.73. The second-order valence-corrected chi connectivity index (χ2v) is 4.78. The monoisotopic (exact) mass is 266 g/mol. The number of amides is 1. The van der Waals surface area contributed by atoms with Crippen LogP contribution in [0.5, 0.6) is 0 Å². The molecule has 0 aromatic carbocycles. The topological polar surface area (TPSA) is 63.5 Å². The Bertz CT molecular complexity index is 359. The van der Waals surface area contributed by atoms with E-state index in [4.69, 9.17) is 9.15 Å². The van der Waals surface area contributed by atoms with Gasteiger partial charge in [0.1, 0.15) is 12.4 Å². The number of furan rings is 1. The lowest BCUT2D eigenvalue weighted by atomic mass is 10.0. The Balaban J connectivity index is 1.48. The SMILES string of the molecule is O=C(NCCCOCc1ccco1)C1CCCCN1. The molecule has 0 saturated carbocycles. The van der Waals surface area contributed by atoms with Gasteiger partial charge in [-0.05, 0) is 37.9 Å². The molecule has 0 aliphatic carbocycles. The average Bonchev–Trinajstić information content (AvgIpc) is 2.96. The third-order valence-corrected chi connectivity index (χ3v) is 3.22. The molecule has 1 amide bonds. The van der Waals surface area contributed by atoms with Gasteiger partial charge in [-0.1, -0.05) is 6.42 Å². The Morgan fingerprint density at radius 1 is 1.53 bits per heavy atom. The average molecular weight is 266 g/mol. The summed E-state index contributed by atoms with van der Waals surface area (Å²) >= 11 is 0. The lowest BCUT2D eigenvalue weighted by Crippen LogP contribution is -2.46. The second kappa shape index (κ2) is 7.96. The van der Waals surface area contributed by atoms with Crippen molar-refractivity contribution in [3.8, 4) is 0 Å². The molecule has 2 heterocycles. The van der Waals surface area contributed by atoms with E-state index in [1.165, 1.54) is 6.42 Å². The zero-order valence-electron chi connectivity index (χ0n) is 11.2. The minimum absolute atomic E-state index is 0.00205. The van der Waals surface area contributed by atoms with Crippen LogP contribution in [0, 0.1) is 0 Å². The first kappa shape index (κ1) is 14.1. The Labute approximate surface area is 113 Å². The molecule has 2 N–H and O–H groups in total. The minimum Gasteiger partial charge on any atom is -0.467 e. The maximum Gasteiger partial charge on any atom is 0.237 e. The van der Waals surface area contributed by atoms with Crippen LogP contribution >= 0.6 is 0 Å². The van der Waals surface area contributed by atoms with Gasteiger partial charge in [-0.15, -0.1) is 0 Å². The fourth-order valence-electron chi connectivity index (χ4n) is 2.15. The molecule has 0 bridgehead atoms. The number of rotatable bonds is 7. The summed E-state index contributed by atoms with van der Waals surface area (Å²) in [4.78, 5) is 11.8. The molecule has 106 valence electrons. The van der Waals surface area contributed by atoms with E-state index in [0.29, 0.717) is 19.8 Å². The van der Waals surface area contributed by atoms with Crippen molar-refractivity contribution < 1.29 is 13.9 Å². The predicted molar refractivity (Wildman–Crippen MR) is 71.6 cm³/mol. The maximum atomic E-state index is 11.8. The predicted octanol–water partition coefficient (Wildman–Crippen LogP) is 1.44. The Morgan fingerprint density at radius 3 is 3.21 bits per heavy atom. The third kappa shape index (κ3) is 5.04. The summed E-state index contributed by atoms with van der Waals surface area (Å²) in [5.41, 5.74) is 0. The molecule has 1 atom stereocenters. The molecule has 1 aliphatic heterocycles. The number of nitrogens with one attached hydrogen (secondary N) is 2. The van der Waals surface area contributed by atoms with E-state index in [-0.39, 0.29) is 11.9 Å². The molecular formula is C14H22N2O3. The van der Waals surface area contributed by atoms with Crippen molar-refractivity contribution in [3.05, 3.63) is 24.2 Å². The summed E-state index contributed by atoms with van der Waals surface area (Å²) in [5.74, 6) is 0.946. The van der Waals surface area contributed by atoms with Crippen molar-refractivity contribution >= 4 is 5.91 Å². The summed E-state index contributed by atoms with van der Waals surface area (Å²) in [6.07, 6.45) is 5.71. The van der Waals surface area contributed by atoms with Crippen LogP contribution in [0.25, 0.3) is 0 Å². The molecule has 1 aromatic heterocycles. The maximum absolute atomic E-state index is 11.8. The molecule has 5 heteroatoms. The van der Waals surface area contributed by atoms with E-state index in [1.54, 1.807) is 6.26 Å². The highest BCUT2D eigenvalue weighted by Gasteiger charge is 2.19. The number of carbonyl (C=O) groups is 1. The molecule has 2 rings (SSSR count). The number of carbonyl (C=O) groups excluding carboxylic acids is 1. The van der Waals surface area contributed by atoms with Gasteiger partial charge in [0.25, 0.3) is 0 Å². The zero-order valence-corrected chi connectivity index (χ0v) is 11.2. The molecule has 1 aromatic rings. The van der Waals surface area contributed by atoms with Gasteiger partial charge in [0, 0.05) is 13.2 Å². The first-order valence-electron chi connectivity index (χ1n) is 6.97. The Hall–Kier alpha value is -1.33. The van der Waals surface area contributed by atoms with Crippen LogP contribution < -0.4 is 10.6 Å². The lowest BCUT2D eigenvalue weighted by molar-refractivity contribution is -0.123. The fraction of sp³-hybridized carbons (Fsp3) is 0.643. The Morgan fingerprint density at radius 2 is 2.47 bits per heavy atom. The lowest BCUT2D eigenvalue weighted by Gasteiger charge is -2.22. The van der Waals surface area contributed by atoms with E-state index in [1.807, 2.05) is 12.1 Å². The minimum atomic E-state index is -0.00205. The van der Waals surface area contributed by atoms with Gasteiger partial charge in [0.15, 0.2) is 0 Å². The second-order valence-electron chi connectivity index (χ2n) is 4.78. The normalized spacial score (nSPS) is 19.3. The van der Waals surface area contributed by atoms with Crippen LogP contribution in [-0.4, -0.2) is 31.6 Å². The molecule has 0 spiro atoms. The van der Waals surface area contributed by atoms with Crippen LogP contribution in [0.2, 0.25) is 0 Å². The summed E-state index contributed by atoms with van der Waals surface area (Å²) in [7, 11) is 0. The molecule has 1 aliphatic rings. The van der Waals surface area contributed by atoms with Crippen molar-refractivity contribution in [1.82, 2.24) is 10.6 Å². The van der Waals surface area contributed by atoms with Crippen LogP contribution in [0.4, 0.5) is 0 Å². The van der Waals surface area contributed by atoms with Crippen LogP contribution in [0.3, 0.4) is 0 Å². The Kier molecular flexibility index (Phi) is 5.91. The smallest absolute Gasteiger partial charge is 0.237 e. The molecule has 5 nitrogen and oxygen atoms in total. The van der Waals surface area contributed by atoms with Gasteiger partial charge >= 0.3 is 0 Å². The summed E-state index contributed by atoms with van der Waals surface area (Å²) in [6.45, 7) is 2.73. The van der Waals surface area contributed by atoms with E-state index < -0.39 is 0 Å². The highest BCUT2D eigenvalue weighted by molar-refractivity contribution is 5.81.